The normalized spacial score (nSPS) is 11.5. The fraction of sp³-hybridized carbons (Fsp3) is 0.364. The van der Waals surface area contributed by atoms with Crippen LogP contribution in [0.3, 0.4) is 0 Å². The molecule has 1 rings (SSSR count). The number of Topliss-reactive ketones (excluding diaryl/α,β-unsaturated/α-hetero) is 1. The van der Waals surface area contributed by atoms with E-state index >= 15 is 0 Å². The molecule has 0 bridgehead atoms. The van der Waals surface area contributed by atoms with Crippen molar-refractivity contribution in [1.29, 1.82) is 0 Å². The first-order valence-electron chi connectivity index (χ1n) is 4.44. The van der Waals surface area contributed by atoms with E-state index in [9.17, 15) is 9.18 Å². The van der Waals surface area contributed by atoms with Crippen molar-refractivity contribution in [1.82, 2.24) is 0 Å². The van der Waals surface area contributed by atoms with Crippen molar-refractivity contribution in [2.24, 2.45) is 0 Å². The molecule has 0 spiro atoms. The largest absolute Gasteiger partial charge is 0.371 e. The van der Waals surface area contributed by atoms with E-state index < -0.39 is 17.2 Å². The second kappa shape index (κ2) is 4.29. The van der Waals surface area contributed by atoms with Crippen LogP contribution in [0.15, 0.2) is 18.2 Å². The molecule has 15 heavy (non-hydrogen) atoms. The van der Waals surface area contributed by atoms with E-state index in [1.807, 2.05) is 0 Å². The van der Waals surface area contributed by atoms with Gasteiger partial charge in [-0.2, -0.15) is 0 Å². The van der Waals surface area contributed by atoms with Gasteiger partial charge in [0.1, 0.15) is 11.4 Å². The molecule has 2 nitrogen and oxygen atoms in total. The van der Waals surface area contributed by atoms with Gasteiger partial charge in [-0.3, -0.25) is 4.79 Å². The first kappa shape index (κ1) is 12.1. The third kappa shape index (κ3) is 2.36. The third-order valence-corrected chi connectivity index (χ3v) is 2.56. The number of hydrogen-bond donors (Lipinski definition) is 0. The number of rotatable bonds is 3. The molecule has 0 amide bonds. The summed E-state index contributed by atoms with van der Waals surface area (Å²) in [5.41, 5.74) is -1.20. The first-order chi connectivity index (χ1) is 6.90. The summed E-state index contributed by atoms with van der Waals surface area (Å²) in [5.74, 6) is -1.09. The summed E-state index contributed by atoms with van der Waals surface area (Å²) in [6, 6.07) is 4.13. The van der Waals surface area contributed by atoms with Gasteiger partial charge in [0.05, 0.1) is 10.6 Å². The van der Waals surface area contributed by atoms with E-state index in [4.69, 9.17) is 16.3 Å². The number of ketones is 1. The molecule has 0 aliphatic carbocycles. The molecule has 0 heterocycles. The van der Waals surface area contributed by atoms with Crippen molar-refractivity contribution in [3.63, 3.8) is 0 Å². The van der Waals surface area contributed by atoms with E-state index in [1.165, 1.54) is 25.3 Å². The molecule has 0 aromatic heterocycles. The van der Waals surface area contributed by atoms with E-state index in [0.29, 0.717) is 0 Å². The van der Waals surface area contributed by atoms with Crippen LogP contribution in [0.1, 0.15) is 24.2 Å². The van der Waals surface area contributed by atoms with Crippen LogP contribution in [0.2, 0.25) is 5.02 Å². The number of hydrogen-bond acceptors (Lipinski definition) is 2. The van der Waals surface area contributed by atoms with Crippen molar-refractivity contribution in [2.45, 2.75) is 19.4 Å². The van der Waals surface area contributed by atoms with Gasteiger partial charge in [-0.25, -0.2) is 4.39 Å². The summed E-state index contributed by atoms with van der Waals surface area (Å²) in [5, 5.41) is 0.102. The van der Waals surface area contributed by atoms with E-state index in [1.54, 1.807) is 13.8 Å². The molecule has 0 saturated carbocycles. The van der Waals surface area contributed by atoms with Gasteiger partial charge in [0, 0.05) is 7.11 Å². The monoisotopic (exact) mass is 230 g/mol. The maximum Gasteiger partial charge on any atom is 0.198 e. The molecule has 0 aliphatic heterocycles. The van der Waals surface area contributed by atoms with Crippen LogP contribution in [0, 0.1) is 5.82 Å². The molecule has 1 aromatic carbocycles. The van der Waals surface area contributed by atoms with Crippen LogP contribution in [-0.2, 0) is 4.74 Å². The van der Waals surface area contributed by atoms with Crippen molar-refractivity contribution < 1.29 is 13.9 Å². The van der Waals surface area contributed by atoms with Gasteiger partial charge in [-0.1, -0.05) is 17.7 Å². The summed E-state index contributed by atoms with van der Waals surface area (Å²) in [4.78, 5) is 11.9. The zero-order chi connectivity index (χ0) is 11.6. The second-order valence-corrected chi connectivity index (χ2v) is 4.05. The van der Waals surface area contributed by atoms with Crippen molar-refractivity contribution in [2.75, 3.05) is 7.11 Å². The fourth-order valence-corrected chi connectivity index (χ4v) is 1.36. The van der Waals surface area contributed by atoms with Gasteiger partial charge in [-0.05, 0) is 26.0 Å². The smallest absolute Gasteiger partial charge is 0.198 e. The Hall–Kier alpha value is -0.930. The highest BCUT2D eigenvalue weighted by Gasteiger charge is 2.31. The van der Waals surface area contributed by atoms with Gasteiger partial charge < -0.3 is 4.74 Å². The lowest BCUT2D eigenvalue weighted by Gasteiger charge is -2.21. The molecule has 0 N–H and O–H groups in total. The van der Waals surface area contributed by atoms with E-state index in [-0.39, 0.29) is 10.6 Å². The lowest BCUT2D eigenvalue weighted by atomic mass is 9.96. The van der Waals surface area contributed by atoms with Crippen molar-refractivity contribution in [3.05, 3.63) is 34.6 Å². The highest BCUT2D eigenvalue weighted by Crippen LogP contribution is 2.25. The van der Waals surface area contributed by atoms with Gasteiger partial charge >= 0.3 is 0 Å². The van der Waals surface area contributed by atoms with Crippen LogP contribution in [0.5, 0.6) is 0 Å². The van der Waals surface area contributed by atoms with Crippen LogP contribution >= 0.6 is 11.6 Å². The van der Waals surface area contributed by atoms with E-state index in [2.05, 4.69) is 0 Å². The molecule has 4 heteroatoms. The Morgan fingerprint density at radius 3 is 2.53 bits per heavy atom. The summed E-state index contributed by atoms with van der Waals surface area (Å²) in [7, 11) is 1.40. The predicted octanol–water partition coefficient (Wildman–Crippen LogP) is 3.09. The minimum atomic E-state index is -1.08. The SMILES string of the molecule is COC(C)(C)C(=O)c1c(F)cccc1Cl. The quantitative estimate of drug-likeness (QED) is 0.746. The van der Waals surface area contributed by atoms with Gasteiger partial charge in [-0.15, -0.1) is 0 Å². The molecule has 0 atom stereocenters. The second-order valence-electron chi connectivity index (χ2n) is 3.64. The molecule has 0 saturated heterocycles. The summed E-state index contributed by atoms with van der Waals surface area (Å²) >= 11 is 5.77. The van der Waals surface area contributed by atoms with Gasteiger partial charge in [0.15, 0.2) is 5.78 Å². The van der Waals surface area contributed by atoms with Gasteiger partial charge in [0.2, 0.25) is 0 Å². The van der Waals surface area contributed by atoms with Crippen LogP contribution in [0.4, 0.5) is 4.39 Å². The Morgan fingerprint density at radius 2 is 2.07 bits per heavy atom. The number of benzene rings is 1. The van der Waals surface area contributed by atoms with Crippen molar-refractivity contribution >= 4 is 17.4 Å². The topological polar surface area (TPSA) is 26.3 Å². The molecule has 82 valence electrons. The molecular weight excluding hydrogens is 219 g/mol. The summed E-state index contributed by atoms with van der Waals surface area (Å²) in [6.45, 7) is 3.14. The summed E-state index contributed by atoms with van der Waals surface area (Å²) in [6.07, 6.45) is 0. The third-order valence-electron chi connectivity index (χ3n) is 2.25. The molecule has 0 unspecified atom stereocenters. The van der Waals surface area contributed by atoms with Crippen LogP contribution < -0.4 is 0 Å². The lowest BCUT2D eigenvalue weighted by molar-refractivity contribution is 0.0224. The molecular formula is C11H12ClFO2. The van der Waals surface area contributed by atoms with E-state index in [0.717, 1.165) is 0 Å². The lowest BCUT2D eigenvalue weighted by Crippen LogP contribution is -2.34. The van der Waals surface area contributed by atoms with Gasteiger partial charge in [0.25, 0.3) is 0 Å². The predicted molar refractivity (Wildman–Crippen MR) is 56.8 cm³/mol. The fourth-order valence-electron chi connectivity index (χ4n) is 1.11. The molecule has 0 aliphatic rings. The highest BCUT2D eigenvalue weighted by molar-refractivity contribution is 6.34. The minimum absolute atomic E-state index is 0.102. The Labute approximate surface area is 93.0 Å². The summed E-state index contributed by atoms with van der Waals surface area (Å²) < 4.78 is 18.4. The Balaban J connectivity index is 3.23. The van der Waals surface area contributed by atoms with Crippen LogP contribution in [0.25, 0.3) is 0 Å². The Kier molecular flexibility index (Phi) is 3.47. The standard InChI is InChI=1S/C11H12ClFO2/c1-11(2,15-3)10(14)9-7(12)5-4-6-8(9)13/h4-6H,1-3H3. The average Bonchev–Trinajstić information content (AvgIpc) is 2.17. The molecule has 0 fully saturated rings. The number of methoxy groups -OCH3 is 1. The number of carbonyl (C=O) groups excluding carboxylic acids is 1. The van der Waals surface area contributed by atoms with Crippen molar-refractivity contribution in [3.8, 4) is 0 Å². The maximum atomic E-state index is 13.4. The minimum Gasteiger partial charge on any atom is -0.371 e. The highest BCUT2D eigenvalue weighted by atomic mass is 35.5. The van der Waals surface area contributed by atoms with Crippen LogP contribution in [-0.4, -0.2) is 18.5 Å². The molecule has 0 radical (unpaired) electrons. The average molecular weight is 231 g/mol. The Bertz CT molecular complexity index is 368. The molecule has 1 aromatic rings. The number of ether oxygens (including phenoxy) is 1. The Morgan fingerprint density at radius 1 is 1.47 bits per heavy atom. The zero-order valence-electron chi connectivity index (χ0n) is 8.80. The maximum absolute atomic E-state index is 13.4. The number of halogens is 2. The number of carbonyl (C=O) groups is 1. The first-order valence-corrected chi connectivity index (χ1v) is 4.82. The zero-order valence-corrected chi connectivity index (χ0v) is 9.56.